The van der Waals surface area contributed by atoms with Crippen molar-refractivity contribution >= 4 is 29.7 Å². The Labute approximate surface area is 204 Å². The largest absolute Gasteiger partial charge is 0.388 e. The monoisotopic (exact) mass is 468 g/mol. The number of nitrogens with zero attached hydrogens (tertiary/aromatic N) is 1. The molecule has 0 bridgehead atoms. The maximum Gasteiger partial charge on any atom is 0.268 e. The van der Waals surface area contributed by atoms with Crippen molar-refractivity contribution in [2.75, 3.05) is 11.4 Å². The second-order valence-electron chi connectivity index (χ2n) is 8.71. The fourth-order valence-electron chi connectivity index (χ4n) is 3.87. The smallest absolute Gasteiger partial charge is 0.268 e. The molecule has 1 amide bonds. The molecule has 1 aromatic heterocycles. The van der Waals surface area contributed by atoms with E-state index in [1.165, 1.54) is 16.1 Å². The van der Waals surface area contributed by atoms with Crippen LogP contribution in [0.25, 0.3) is 0 Å². The van der Waals surface area contributed by atoms with Crippen LogP contribution in [0.2, 0.25) is 0 Å². The van der Waals surface area contributed by atoms with E-state index in [1.54, 1.807) is 11.3 Å². The Bertz CT molecular complexity index is 916. The SMILES string of the molecule is C=CC/C(=C\C)NCC(C)C.C=O.Cc1ccc(C(=O)N2c3ccccc3[C@H](C)C[C@@H]2C)s1. The Morgan fingerprint density at radius 2 is 1.88 bits per heavy atom. The molecule has 0 saturated heterocycles. The molecular formula is C28H40N2O2S. The second kappa shape index (κ2) is 14.5. The molecule has 0 saturated carbocycles. The fraction of sp³-hybridized carbons (Fsp3) is 0.429. The minimum absolute atomic E-state index is 0.134. The maximum atomic E-state index is 12.8. The molecule has 1 N–H and O–H groups in total. The van der Waals surface area contributed by atoms with Gasteiger partial charge < -0.3 is 15.0 Å². The summed E-state index contributed by atoms with van der Waals surface area (Å²) in [7, 11) is 0. The fourth-order valence-corrected chi connectivity index (χ4v) is 4.67. The third-order valence-corrected chi connectivity index (χ3v) is 6.47. The van der Waals surface area contributed by atoms with Crippen LogP contribution in [0.5, 0.6) is 0 Å². The lowest BCUT2D eigenvalue weighted by Crippen LogP contribution is -2.42. The lowest BCUT2D eigenvalue weighted by Gasteiger charge is -2.38. The number of para-hydroxylation sites is 1. The van der Waals surface area contributed by atoms with Crippen LogP contribution in [0, 0.1) is 12.8 Å². The van der Waals surface area contributed by atoms with Gasteiger partial charge in [-0.15, -0.1) is 17.9 Å². The van der Waals surface area contributed by atoms with Gasteiger partial charge in [0.25, 0.3) is 5.91 Å². The van der Waals surface area contributed by atoms with E-state index in [9.17, 15) is 4.79 Å². The summed E-state index contributed by atoms with van der Waals surface area (Å²) in [5, 5.41) is 3.36. The van der Waals surface area contributed by atoms with Crippen molar-refractivity contribution in [2.45, 2.75) is 66.3 Å². The molecule has 2 heterocycles. The first-order chi connectivity index (χ1) is 15.8. The Morgan fingerprint density at radius 3 is 2.42 bits per heavy atom. The van der Waals surface area contributed by atoms with Crippen molar-refractivity contribution in [1.29, 1.82) is 0 Å². The van der Waals surface area contributed by atoms with Crippen LogP contribution in [0.1, 0.15) is 73.5 Å². The highest BCUT2D eigenvalue weighted by atomic mass is 32.1. The number of carbonyl (C=O) groups excluding carboxylic acids is 2. The summed E-state index contributed by atoms with van der Waals surface area (Å²) >= 11 is 1.58. The molecule has 2 aromatic rings. The molecule has 1 aliphatic heterocycles. The third kappa shape index (κ3) is 8.32. The minimum Gasteiger partial charge on any atom is -0.388 e. The van der Waals surface area contributed by atoms with E-state index in [2.05, 4.69) is 63.9 Å². The summed E-state index contributed by atoms with van der Waals surface area (Å²) in [5.41, 5.74) is 3.63. The maximum absolute atomic E-state index is 12.8. The Hall–Kier alpha value is -2.66. The van der Waals surface area contributed by atoms with Crippen LogP contribution in [0.4, 0.5) is 5.69 Å². The average Bonchev–Trinajstić information content (AvgIpc) is 3.24. The molecule has 0 aliphatic carbocycles. The van der Waals surface area contributed by atoms with E-state index >= 15 is 0 Å². The molecule has 4 nitrogen and oxygen atoms in total. The van der Waals surface area contributed by atoms with Crippen molar-refractivity contribution in [3.63, 3.8) is 0 Å². The van der Waals surface area contributed by atoms with Gasteiger partial charge in [0, 0.05) is 35.3 Å². The highest BCUT2D eigenvalue weighted by Crippen LogP contribution is 2.39. The predicted octanol–water partition coefficient (Wildman–Crippen LogP) is 7.13. The summed E-state index contributed by atoms with van der Waals surface area (Å²) in [6.45, 7) is 19.6. The molecular weight excluding hydrogens is 428 g/mol. The van der Waals surface area contributed by atoms with E-state index in [0.29, 0.717) is 11.8 Å². The van der Waals surface area contributed by atoms with Gasteiger partial charge in [0.2, 0.25) is 0 Å². The summed E-state index contributed by atoms with van der Waals surface area (Å²) < 4.78 is 0. The normalized spacial score (nSPS) is 17.2. The summed E-state index contributed by atoms with van der Waals surface area (Å²) in [4.78, 5) is 24.8. The molecule has 33 heavy (non-hydrogen) atoms. The van der Waals surface area contributed by atoms with Crippen LogP contribution < -0.4 is 10.2 Å². The topological polar surface area (TPSA) is 49.4 Å². The van der Waals surface area contributed by atoms with Crippen LogP contribution >= 0.6 is 11.3 Å². The van der Waals surface area contributed by atoms with Gasteiger partial charge in [0.1, 0.15) is 6.79 Å². The van der Waals surface area contributed by atoms with Crippen molar-refractivity contribution in [3.8, 4) is 0 Å². The van der Waals surface area contributed by atoms with Crippen molar-refractivity contribution in [2.24, 2.45) is 5.92 Å². The molecule has 180 valence electrons. The molecule has 1 aromatic carbocycles. The number of anilines is 1. The molecule has 3 rings (SSSR count). The van der Waals surface area contributed by atoms with E-state index in [1.807, 2.05) is 49.8 Å². The zero-order valence-corrected chi connectivity index (χ0v) is 21.9. The van der Waals surface area contributed by atoms with E-state index in [-0.39, 0.29) is 11.9 Å². The first-order valence-corrected chi connectivity index (χ1v) is 12.4. The number of allylic oxidation sites excluding steroid dienone is 2. The minimum atomic E-state index is 0.134. The number of fused-ring (bicyclic) bond motifs is 1. The Balaban J connectivity index is 0.000000360. The third-order valence-electron chi connectivity index (χ3n) is 5.48. The molecule has 0 spiro atoms. The molecule has 2 atom stereocenters. The Morgan fingerprint density at radius 1 is 1.21 bits per heavy atom. The van der Waals surface area contributed by atoms with Crippen LogP contribution in [0.15, 0.2) is 60.8 Å². The zero-order chi connectivity index (χ0) is 25.0. The number of hydrogen-bond acceptors (Lipinski definition) is 4. The number of amides is 1. The van der Waals surface area contributed by atoms with Gasteiger partial charge in [-0.25, -0.2) is 0 Å². The van der Waals surface area contributed by atoms with Crippen molar-refractivity contribution < 1.29 is 9.59 Å². The molecule has 0 unspecified atom stereocenters. The van der Waals surface area contributed by atoms with Crippen molar-refractivity contribution in [3.05, 3.63) is 76.1 Å². The molecule has 1 aliphatic rings. The van der Waals surface area contributed by atoms with Gasteiger partial charge in [-0.3, -0.25) is 4.79 Å². The van der Waals surface area contributed by atoms with Gasteiger partial charge in [-0.2, -0.15) is 0 Å². The Kier molecular flexibility index (Phi) is 12.5. The zero-order valence-electron chi connectivity index (χ0n) is 21.1. The number of nitrogens with one attached hydrogen (secondary N) is 1. The number of aryl methyl sites for hydroxylation is 1. The van der Waals surface area contributed by atoms with Gasteiger partial charge in [-0.05, 0) is 62.8 Å². The van der Waals surface area contributed by atoms with Gasteiger partial charge in [0.05, 0.1) is 4.88 Å². The number of benzene rings is 1. The van der Waals surface area contributed by atoms with Crippen LogP contribution in [-0.4, -0.2) is 25.3 Å². The number of rotatable bonds is 6. The van der Waals surface area contributed by atoms with Gasteiger partial charge in [-0.1, -0.05) is 51.1 Å². The summed E-state index contributed by atoms with van der Waals surface area (Å²) in [5.74, 6) is 1.35. The number of carbonyl (C=O) groups is 2. The average molecular weight is 469 g/mol. The first kappa shape index (κ1) is 28.4. The predicted molar refractivity (Wildman–Crippen MR) is 143 cm³/mol. The molecule has 5 heteroatoms. The lowest BCUT2D eigenvalue weighted by molar-refractivity contribution is -0.0980. The first-order valence-electron chi connectivity index (χ1n) is 11.6. The van der Waals surface area contributed by atoms with Crippen LogP contribution in [0.3, 0.4) is 0 Å². The summed E-state index contributed by atoms with van der Waals surface area (Å²) in [6.07, 6.45) is 5.99. The standard InChI is InChI=1S/C17H19NOS.C10H19N.CH2O/c1-11-10-12(2)18(15-7-5-4-6-14(11)15)17(19)16-9-8-13(3)20-16;1-5-7-10(6-2)11-8-9(3)4;1-2/h4-9,11-12H,10H2,1-3H3;5-6,9,11H,1,7-8H2,2-4H3;1H2/b;10-6+;/t11-,12+;;/m1../s1. The number of hydrogen-bond donors (Lipinski definition) is 1. The second-order valence-corrected chi connectivity index (χ2v) is 10.00. The molecule has 0 fully saturated rings. The quantitative estimate of drug-likeness (QED) is 0.459. The number of thiophene rings is 1. The van der Waals surface area contributed by atoms with Gasteiger partial charge >= 0.3 is 0 Å². The van der Waals surface area contributed by atoms with E-state index in [0.717, 1.165) is 30.0 Å². The highest BCUT2D eigenvalue weighted by Gasteiger charge is 2.32. The summed E-state index contributed by atoms with van der Waals surface area (Å²) in [6, 6.07) is 12.5. The highest BCUT2D eigenvalue weighted by molar-refractivity contribution is 7.14. The van der Waals surface area contributed by atoms with Gasteiger partial charge in [0.15, 0.2) is 0 Å². The van der Waals surface area contributed by atoms with Crippen molar-refractivity contribution in [1.82, 2.24) is 5.32 Å². The van der Waals surface area contributed by atoms with Crippen LogP contribution in [-0.2, 0) is 4.79 Å². The molecule has 0 radical (unpaired) electrons. The van der Waals surface area contributed by atoms with E-state index in [4.69, 9.17) is 4.79 Å². The van der Waals surface area contributed by atoms with E-state index < -0.39 is 0 Å². The lowest BCUT2D eigenvalue weighted by atomic mass is 9.87.